The Kier molecular flexibility index (Phi) is 7.02. The maximum atomic E-state index is 11.2. The first-order chi connectivity index (χ1) is 8.70. The predicted molar refractivity (Wildman–Crippen MR) is 86.8 cm³/mol. The van der Waals surface area contributed by atoms with Crippen LogP contribution in [0.4, 0.5) is 0 Å². The molecule has 1 rings (SSSR count). The number of nitrogens with zero attached hydrogens (tertiary/aromatic N) is 1. The van der Waals surface area contributed by atoms with E-state index in [2.05, 4.69) is 25.7 Å². The Morgan fingerprint density at radius 1 is 1.20 bits per heavy atom. The lowest BCUT2D eigenvalue weighted by molar-refractivity contribution is -0.0747. The number of ether oxygens (including phenoxy) is 1. The van der Waals surface area contributed by atoms with E-state index in [1.54, 1.807) is 7.11 Å². The largest absolute Gasteiger partial charge is 0.497 e. The Bertz CT molecular complexity index is 415. The molecular formula is C16H28ClNO2. The van der Waals surface area contributed by atoms with Crippen LogP contribution in [0.25, 0.3) is 0 Å². The van der Waals surface area contributed by atoms with Crippen LogP contribution in [0.3, 0.4) is 0 Å². The van der Waals surface area contributed by atoms with Crippen LogP contribution in [0.1, 0.15) is 32.8 Å². The van der Waals surface area contributed by atoms with Gasteiger partial charge in [-0.2, -0.15) is 0 Å². The Balaban J connectivity index is 0.00000361. The van der Waals surface area contributed by atoms with Gasteiger partial charge in [0.25, 0.3) is 0 Å². The van der Waals surface area contributed by atoms with Crippen molar-refractivity contribution >= 4 is 12.4 Å². The molecule has 0 aliphatic heterocycles. The molecule has 0 aliphatic rings. The number of halogens is 1. The molecule has 0 aliphatic carbocycles. The molecule has 0 fully saturated rings. The van der Waals surface area contributed by atoms with E-state index in [1.165, 1.54) is 0 Å². The Labute approximate surface area is 129 Å². The maximum Gasteiger partial charge on any atom is 0.119 e. The van der Waals surface area contributed by atoms with Crippen molar-refractivity contribution in [1.29, 1.82) is 0 Å². The third-order valence-electron chi connectivity index (χ3n) is 3.71. The molecule has 1 atom stereocenters. The molecule has 0 aromatic heterocycles. The summed E-state index contributed by atoms with van der Waals surface area (Å²) in [5.74, 6) is 0.782. The molecule has 0 saturated carbocycles. The van der Waals surface area contributed by atoms with Crippen LogP contribution in [0, 0.1) is 5.41 Å². The average Bonchev–Trinajstić information content (AvgIpc) is 2.34. The molecule has 0 bridgehead atoms. The fourth-order valence-electron chi connectivity index (χ4n) is 2.22. The number of benzene rings is 1. The zero-order valence-corrected chi connectivity index (χ0v) is 14.3. The van der Waals surface area contributed by atoms with Gasteiger partial charge in [-0.1, -0.05) is 32.9 Å². The first-order valence-corrected chi connectivity index (χ1v) is 6.72. The smallest absolute Gasteiger partial charge is 0.119 e. The number of aliphatic hydroxyl groups is 1. The van der Waals surface area contributed by atoms with Crippen molar-refractivity contribution in [2.45, 2.75) is 32.8 Å². The summed E-state index contributed by atoms with van der Waals surface area (Å²) >= 11 is 0. The van der Waals surface area contributed by atoms with Gasteiger partial charge in [0.05, 0.1) is 12.7 Å². The van der Waals surface area contributed by atoms with Crippen LogP contribution < -0.4 is 4.74 Å². The first kappa shape index (κ1) is 19.2. The summed E-state index contributed by atoms with van der Waals surface area (Å²) in [5, 5.41) is 11.2. The molecule has 0 heterocycles. The molecule has 4 heteroatoms. The van der Waals surface area contributed by atoms with Gasteiger partial charge in [-0.25, -0.2) is 0 Å². The molecule has 0 amide bonds. The van der Waals surface area contributed by atoms with Gasteiger partial charge < -0.3 is 14.7 Å². The second-order valence-electron chi connectivity index (χ2n) is 6.40. The number of rotatable bonds is 5. The SMILES string of the molecule is COc1cccc(C(O)(CCN(C)C)C(C)(C)C)c1.Cl. The highest BCUT2D eigenvalue weighted by atomic mass is 35.5. The number of hydrogen-bond acceptors (Lipinski definition) is 3. The van der Waals surface area contributed by atoms with Crippen molar-refractivity contribution < 1.29 is 9.84 Å². The van der Waals surface area contributed by atoms with Gasteiger partial charge in [0, 0.05) is 6.54 Å². The summed E-state index contributed by atoms with van der Waals surface area (Å²) in [6.07, 6.45) is 0.691. The second kappa shape index (κ2) is 7.30. The lowest BCUT2D eigenvalue weighted by Crippen LogP contribution is -2.42. The van der Waals surface area contributed by atoms with Gasteiger partial charge in [0.1, 0.15) is 5.75 Å². The third kappa shape index (κ3) is 4.37. The lowest BCUT2D eigenvalue weighted by atomic mass is 9.70. The van der Waals surface area contributed by atoms with Gasteiger partial charge in [-0.15, -0.1) is 12.4 Å². The number of hydrogen-bond donors (Lipinski definition) is 1. The Morgan fingerprint density at radius 2 is 1.80 bits per heavy atom. The topological polar surface area (TPSA) is 32.7 Å². The monoisotopic (exact) mass is 301 g/mol. The summed E-state index contributed by atoms with van der Waals surface area (Å²) in [6.45, 7) is 7.05. The summed E-state index contributed by atoms with van der Waals surface area (Å²) in [5.41, 5.74) is -0.192. The first-order valence-electron chi connectivity index (χ1n) is 6.72. The molecule has 3 nitrogen and oxygen atoms in total. The second-order valence-corrected chi connectivity index (χ2v) is 6.40. The molecule has 1 N–H and O–H groups in total. The highest BCUT2D eigenvalue weighted by Gasteiger charge is 2.41. The van der Waals surface area contributed by atoms with Gasteiger partial charge in [-0.05, 0) is 43.6 Å². The maximum absolute atomic E-state index is 11.2. The summed E-state index contributed by atoms with van der Waals surface area (Å²) in [4.78, 5) is 2.09. The summed E-state index contributed by atoms with van der Waals surface area (Å²) in [7, 11) is 5.69. The molecular weight excluding hydrogens is 274 g/mol. The number of methoxy groups -OCH3 is 1. The molecule has 0 saturated heterocycles. The van der Waals surface area contributed by atoms with Crippen LogP contribution in [-0.4, -0.2) is 37.8 Å². The summed E-state index contributed by atoms with van der Waals surface area (Å²) < 4.78 is 5.27. The third-order valence-corrected chi connectivity index (χ3v) is 3.71. The van der Waals surface area contributed by atoms with Crippen LogP contribution in [-0.2, 0) is 5.60 Å². The molecule has 1 aromatic carbocycles. The van der Waals surface area contributed by atoms with Crippen molar-refractivity contribution in [3.8, 4) is 5.75 Å². The van der Waals surface area contributed by atoms with E-state index in [0.717, 1.165) is 17.9 Å². The van der Waals surface area contributed by atoms with E-state index >= 15 is 0 Å². The Hall–Kier alpha value is -0.770. The standard InChI is InChI=1S/C16H27NO2.ClH/c1-15(2,3)16(18,10-11-17(4)5)13-8-7-9-14(12-13)19-6;/h7-9,12,18H,10-11H2,1-6H3;1H. The highest BCUT2D eigenvalue weighted by molar-refractivity contribution is 5.85. The van der Waals surface area contributed by atoms with Crippen LogP contribution in [0.5, 0.6) is 5.75 Å². The molecule has 116 valence electrons. The minimum Gasteiger partial charge on any atom is -0.497 e. The van der Waals surface area contributed by atoms with Crippen LogP contribution >= 0.6 is 12.4 Å². The summed E-state index contributed by atoms with van der Waals surface area (Å²) in [6, 6.07) is 7.74. The fourth-order valence-corrected chi connectivity index (χ4v) is 2.22. The van der Waals surface area contributed by atoms with E-state index in [1.807, 2.05) is 38.4 Å². The van der Waals surface area contributed by atoms with E-state index in [4.69, 9.17) is 4.74 Å². The van der Waals surface area contributed by atoms with Gasteiger partial charge >= 0.3 is 0 Å². The van der Waals surface area contributed by atoms with Gasteiger partial charge in [0.2, 0.25) is 0 Å². The zero-order valence-electron chi connectivity index (χ0n) is 13.4. The average molecular weight is 302 g/mol. The fraction of sp³-hybridized carbons (Fsp3) is 0.625. The molecule has 20 heavy (non-hydrogen) atoms. The molecule has 0 spiro atoms. The van der Waals surface area contributed by atoms with Gasteiger partial charge in [-0.3, -0.25) is 0 Å². The van der Waals surface area contributed by atoms with E-state index in [9.17, 15) is 5.11 Å². The minimum absolute atomic E-state index is 0. The van der Waals surface area contributed by atoms with E-state index < -0.39 is 5.60 Å². The van der Waals surface area contributed by atoms with E-state index in [0.29, 0.717) is 6.42 Å². The van der Waals surface area contributed by atoms with Crippen molar-refractivity contribution in [2.75, 3.05) is 27.7 Å². The lowest BCUT2D eigenvalue weighted by Gasteiger charge is -2.41. The molecule has 0 radical (unpaired) electrons. The van der Waals surface area contributed by atoms with Crippen molar-refractivity contribution in [1.82, 2.24) is 4.90 Å². The van der Waals surface area contributed by atoms with Crippen molar-refractivity contribution in [3.05, 3.63) is 29.8 Å². The Morgan fingerprint density at radius 3 is 2.25 bits per heavy atom. The van der Waals surface area contributed by atoms with Crippen LogP contribution in [0.2, 0.25) is 0 Å². The zero-order chi connectivity index (χ0) is 14.7. The van der Waals surface area contributed by atoms with Crippen molar-refractivity contribution in [3.63, 3.8) is 0 Å². The van der Waals surface area contributed by atoms with Gasteiger partial charge in [0.15, 0.2) is 0 Å². The highest BCUT2D eigenvalue weighted by Crippen LogP contribution is 2.42. The minimum atomic E-state index is -0.869. The van der Waals surface area contributed by atoms with E-state index in [-0.39, 0.29) is 17.8 Å². The molecule has 1 aromatic rings. The quantitative estimate of drug-likeness (QED) is 0.906. The predicted octanol–water partition coefficient (Wildman–Crippen LogP) is 3.30. The van der Waals surface area contributed by atoms with Crippen LogP contribution in [0.15, 0.2) is 24.3 Å². The normalized spacial score (nSPS) is 14.6. The molecule has 1 unspecified atom stereocenters. The van der Waals surface area contributed by atoms with Crippen molar-refractivity contribution in [2.24, 2.45) is 5.41 Å².